The second-order valence-electron chi connectivity index (χ2n) is 4.66. The Balaban J connectivity index is 2.25. The maximum atomic E-state index is 3.45. The lowest BCUT2D eigenvalue weighted by Gasteiger charge is -2.23. The fourth-order valence-corrected chi connectivity index (χ4v) is 2.54. The summed E-state index contributed by atoms with van der Waals surface area (Å²) in [5.41, 5.74) is 4.31. The highest BCUT2D eigenvalue weighted by Gasteiger charge is 2.16. The molecule has 0 saturated heterocycles. The Bertz CT molecular complexity index is 379. The second-order valence-corrected chi connectivity index (χ2v) is 4.66. The highest BCUT2D eigenvalue weighted by molar-refractivity contribution is 5.31. The number of likely N-dealkylation sites (N-methyl/N-ethyl adjacent to an activating group) is 1. The minimum absolute atomic E-state index is 0.417. The molecule has 0 saturated carbocycles. The second kappa shape index (κ2) is 5.31. The van der Waals surface area contributed by atoms with Crippen molar-refractivity contribution in [1.82, 2.24) is 5.32 Å². The zero-order valence-electron chi connectivity index (χ0n) is 10.3. The van der Waals surface area contributed by atoms with Gasteiger partial charge < -0.3 is 5.32 Å². The van der Waals surface area contributed by atoms with Crippen molar-refractivity contribution in [2.75, 3.05) is 7.05 Å². The first-order valence-corrected chi connectivity index (χ1v) is 6.24. The van der Waals surface area contributed by atoms with E-state index in [-0.39, 0.29) is 0 Å². The van der Waals surface area contributed by atoms with Crippen molar-refractivity contribution in [3.8, 4) is 0 Å². The Hall–Kier alpha value is -1.08. The smallest absolute Gasteiger partial charge is 0.0533 e. The van der Waals surface area contributed by atoms with E-state index < -0.39 is 0 Å². The summed E-state index contributed by atoms with van der Waals surface area (Å²) in [6.45, 7) is 2.16. The molecular weight excluding hydrogens is 194 g/mol. The van der Waals surface area contributed by atoms with Gasteiger partial charge in [-0.1, -0.05) is 41.5 Å². The van der Waals surface area contributed by atoms with Crippen LogP contribution in [0.2, 0.25) is 0 Å². The van der Waals surface area contributed by atoms with E-state index in [0.717, 1.165) is 0 Å². The van der Waals surface area contributed by atoms with E-state index in [0.29, 0.717) is 6.04 Å². The minimum Gasteiger partial charge on any atom is -0.310 e. The van der Waals surface area contributed by atoms with Crippen LogP contribution in [0.5, 0.6) is 0 Å². The topological polar surface area (TPSA) is 12.0 Å². The van der Waals surface area contributed by atoms with Crippen molar-refractivity contribution in [2.45, 2.75) is 38.6 Å². The first-order chi connectivity index (χ1) is 7.81. The molecule has 2 rings (SSSR count). The van der Waals surface area contributed by atoms with E-state index in [2.05, 4.69) is 49.6 Å². The molecule has 1 nitrogen and oxygen atoms in total. The highest BCUT2D eigenvalue weighted by atomic mass is 14.9. The molecule has 0 aromatic heterocycles. The van der Waals surface area contributed by atoms with Crippen molar-refractivity contribution in [2.24, 2.45) is 0 Å². The summed E-state index contributed by atoms with van der Waals surface area (Å²) in [6, 6.07) is 9.24. The van der Waals surface area contributed by atoms with Crippen LogP contribution in [0, 0.1) is 6.92 Å². The number of hydrogen-bond acceptors (Lipinski definition) is 1. The lowest BCUT2D eigenvalue weighted by atomic mass is 9.89. The molecule has 86 valence electrons. The maximum absolute atomic E-state index is 3.45. The van der Waals surface area contributed by atoms with Gasteiger partial charge in [0.25, 0.3) is 0 Å². The predicted molar refractivity (Wildman–Crippen MR) is 69.5 cm³/mol. The van der Waals surface area contributed by atoms with Gasteiger partial charge in [0.2, 0.25) is 0 Å². The van der Waals surface area contributed by atoms with Crippen LogP contribution in [0.3, 0.4) is 0 Å². The van der Waals surface area contributed by atoms with Gasteiger partial charge in [0.15, 0.2) is 0 Å². The van der Waals surface area contributed by atoms with E-state index in [9.17, 15) is 0 Å². The van der Waals surface area contributed by atoms with Crippen LogP contribution in [-0.2, 0) is 0 Å². The predicted octanol–water partition coefficient (Wildman–Crippen LogP) is 3.76. The lowest BCUT2D eigenvalue weighted by Crippen LogP contribution is -2.19. The molecule has 0 amide bonds. The lowest BCUT2D eigenvalue weighted by molar-refractivity contribution is 0.593. The van der Waals surface area contributed by atoms with Gasteiger partial charge in [0.05, 0.1) is 6.04 Å². The summed E-state index contributed by atoms with van der Waals surface area (Å²) >= 11 is 0. The summed E-state index contributed by atoms with van der Waals surface area (Å²) < 4.78 is 0. The monoisotopic (exact) mass is 215 g/mol. The van der Waals surface area contributed by atoms with Crippen LogP contribution in [0.25, 0.3) is 0 Å². The molecule has 0 radical (unpaired) electrons. The van der Waals surface area contributed by atoms with Crippen LogP contribution in [-0.4, -0.2) is 7.05 Å². The molecule has 0 spiro atoms. The normalized spacial score (nSPS) is 18.0. The minimum atomic E-state index is 0.417. The van der Waals surface area contributed by atoms with Gasteiger partial charge >= 0.3 is 0 Å². The van der Waals surface area contributed by atoms with Crippen LogP contribution < -0.4 is 5.32 Å². The Morgan fingerprint density at radius 3 is 2.75 bits per heavy atom. The molecule has 1 heteroatoms. The molecule has 16 heavy (non-hydrogen) atoms. The molecule has 1 aliphatic carbocycles. The fraction of sp³-hybridized carbons (Fsp3) is 0.467. The van der Waals surface area contributed by atoms with E-state index in [1.165, 1.54) is 36.8 Å². The summed E-state index contributed by atoms with van der Waals surface area (Å²) in [7, 11) is 2.06. The van der Waals surface area contributed by atoms with E-state index >= 15 is 0 Å². The van der Waals surface area contributed by atoms with Gasteiger partial charge in [0, 0.05) is 0 Å². The Morgan fingerprint density at radius 1 is 1.25 bits per heavy atom. The molecule has 1 aromatic rings. The number of allylic oxidation sites excluding steroid dienone is 1. The quantitative estimate of drug-likeness (QED) is 0.757. The Morgan fingerprint density at radius 2 is 2.12 bits per heavy atom. The first-order valence-electron chi connectivity index (χ1n) is 6.24. The standard InChI is InChI=1S/C15H21N/c1-12-7-6-10-14(11-12)15(16-2)13-8-4-3-5-9-13/h6-8,10-11,15-16H,3-5,9H2,1-2H3. The van der Waals surface area contributed by atoms with E-state index in [1.54, 1.807) is 5.57 Å². The van der Waals surface area contributed by atoms with Crippen molar-refractivity contribution in [3.05, 3.63) is 47.0 Å². The maximum Gasteiger partial charge on any atom is 0.0533 e. The van der Waals surface area contributed by atoms with Gasteiger partial charge in [0.1, 0.15) is 0 Å². The van der Waals surface area contributed by atoms with Crippen LogP contribution in [0.4, 0.5) is 0 Å². The number of rotatable bonds is 3. The Kier molecular flexibility index (Phi) is 3.79. The summed E-state index contributed by atoms with van der Waals surface area (Å²) in [4.78, 5) is 0. The van der Waals surface area contributed by atoms with E-state index in [4.69, 9.17) is 0 Å². The van der Waals surface area contributed by atoms with Crippen LogP contribution in [0.1, 0.15) is 42.9 Å². The number of nitrogens with one attached hydrogen (secondary N) is 1. The number of hydrogen-bond donors (Lipinski definition) is 1. The number of benzene rings is 1. The average molecular weight is 215 g/mol. The molecule has 1 aliphatic rings. The molecule has 0 fully saturated rings. The van der Waals surface area contributed by atoms with Crippen molar-refractivity contribution >= 4 is 0 Å². The molecule has 0 aliphatic heterocycles. The third-order valence-corrected chi connectivity index (χ3v) is 3.36. The van der Waals surface area contributed by atoms with Crippen molar-refractivity contribution in [3.63, 3.8) is 0 Å². The Labute approximate surface area is 98.6 Å². The molecule has 1 aromatic carbocycles. The van der Waals surface area contributed by atoms with E-state index in [1.807, 2.05) is 0 Å². The average Bonchev–Trinajstić information content (AvgIpc) is 2.31. The van der Waals surface area contributed by atoms with Gasteiger partial charge in [-0.05, 0) is 45.2 Å². The molecular formula is C15H21N. The third-order valence-electron chi connectivity index (χ3n) is 3.36. The molecule has 0 heterocycles. The molecule has 1 atom stereocenters. The van der Waals surface area contributed by atoms with Gasteiger partial charge in [-0.15, -0.1) is 0 Å². The van der Waals surface area contributed by atoms with Gasteiger partial charge in [-0.25, -0.2) is 0 Å². The molecule has 1 unspecified atom stereocenters. The van der Waals surface area contributed by atoms with Crippen LogP contribution in [0.15, 0.2) is 35.9 Å². The zero-order valence-corrected chi connectivity index (χ0v) is 10.3. The largest absolute Gasteiger partial charge is 0.310 e. The van der Waals surface area contributed by atoms with Crippen LogP contribution >= 0.6 is 0 Å². The van der Waals surface area contributed by atoms with Gasteiger partial charge in [-0.2, -0.15) is 0 Å². The van der Waals surface area contributed by atoms with Crippen molar-refractivity contribution in [1.29, 1.82) is 0 Å². The summed E-state index contributed by atoms with van der Waals surface area (Å²) in [5.74, 6) is 0. The molecule has 1 N–H and O–H groups in total. The number of aryl methyl sites for hydroxylation is 1. The SMILES string of the molecule is CNC(C1=CCCCC1)c1cccc(C)c1. The first kappa shape index (κ1) is 11.4. The zero-order chi connectivity index (χ0) is 11.4. The highest BCUT2D eigenvalue weighted by Crippen LogP contribution is 2.29. The van der Waals surface area contributed by atoms with Gasteiger partial charge in [-0.3, -0.25) is 0 Å². The summed E-state index contributed by atoms with van der Waals surface area (Å²) in [6.07, 6.45) is 7.62. The third kappa shape index (κ3) is 2.53. The molecule has 0 bridgehead atoms. The van der Waals surface area contributed by atoms with Crippen molar-refractivity contribution < 1.29 is 0 Å². The summed E-state index contributed by atoms with van der Waals surface area (Å²) in [5, 5.41) is 3.45. The fourth-order valence-electron chi connectivity index (χ4n) is 2.54.